The maximum Gasteiger partial charge on any atom is 0.283 e. The van der Waals surface area contributed by atoms with Gasteiger partial charge in [0.05, 0.1) is 16.1 Å². The first kappa shape index (κ1) is 20.7. The van der Waals surface area contributed by atoms with Crippen LogP contribution in [0, 0.1) is 0 Å². The standard InChI is InChI=1S/C23H22N4O3S/c1-23(2,3)16-7-4-8-17(15-16)31(29,30)26-22(28)20-12-11-18-19(25-20)9-5-10-21(18)27-14-6-13-24-27/h4-15H,1-3H3,(H,26,28). The molecule has 158 valence electrons. The summed E-state index contributed by atoms with van der Waals surface area (Å²) >= 11 is 0. The van der Waals surface area contributed by atoms with E-state index in [0.29, 0.717) is 5.52 Å². The Morgan fingerprint density at radius 2 is 1.77 bits per heavy atom. The molecule has 0 spiro atoms. The Labute approximate surface area is 180 Å². The second-order valence-corrected chi connectivity index (χ2v) is 9.89. The molecule has 1 amide bonds. The van der Waals surface area contributed by atoms with E-state index in [4.69, 9.17) is 0 Å². The topological polar surface area (TPSA) is 94.0 Å². The number of nitrogens with zero attached hydrogens (tertiary/aromatic N) is 3. The van der Waals surface area contributed by atoms with Crippen LogP contribution in [0.4, 0.5) is 0 Å². The number of aromatic nitrogens is 3. The van der Waals surface area contributed by atoms with Crippen LogP contribution in [0.3, 0.4) is 0 Å². The summed E-state index contributed by atoms with van der Waals surface area (Å²) in [4.78, 5) is 17.1. The largest absolute Gasteiger partial charge is 0.283 e. The van der Waals surface area contributed by atoms with Crippen molar-refractivity contribution in [3.05, 3.63) is 84.3 Å². The van der Waals surface area contributed by atoms with Crippen molar-refractivity contribution in [2.75, 3.05) is 0 Å². The molecule has 8 heteroatoms. The third-order valence-corrected chi connectivity index (χ3v) is 6.26. The van der Waals surface area contributed by atoms with E-state index in [1.54, 1.807) is 35.1 Å². The molecule has 2 heterocycles. The second kappa shape index (κ2) is 7.63. The Hall–Kier alpha value is -3.52. The zero-order chi connectivity index (χ0) is 22.2. The van der Waals surface area contributed by atoms with Gasteiger partial charge in [-0.15, -0.1) is 0 Å². The van der Waals surface area contributed by atoms with E-state index < -0.39 is 15.9 Å². The third kappa shape index (κ3) is 4.20. The lowest BCUT2D eigenvalue weighted by Crippen LogP contribution is -2.31. The van der Waals surface area contributed by atoms with E-state index in [1.165, 1.54) is 12.1 Å². The van der Waals surface area contributed by atoms with Gasteiger partial charge in [0, 0.05) is 17.8 Å². The molecule has 7 nitrogen and oxygen atoms in total. The van der Waals surface area contributed by atoms with Gasteiger partial charge in [-0.1, -0.05) is 39.0 Å². The zero-order valence-electron chi connectivity index (χ0n) is 17.4. The highest BCUT2D eigenvalue weighted by molar-refractivity contribution is 7.90. The van der Waals surface area contributed by atoms with E-state index in [0.717, 1.165) is 16.6 Å². The van der Waals surface area contributed by atoms with Crippen LogP contribution in [-0.4, -0.2) is 29.1 Å². The van der Waals surface area contributed by atoms with Crippen molar-refractivity contribution in [2.45, 2.75) is 31.1 Å². The Bertz CT molecular complexity index is 1370. The fourth-order valence-corrected chi connectivity index (χ4v) is 4.25. The Morgan fingerprint density at radius 3 is 2.48 bits per heavy atom. The monoisotopic (exact) mass is 434 g/mol. The molecule has 0 bridgehead atoms. The summed E-state index contributed by atoms with van der Waals surface area (Å²) in [6, 6.07) is 17.1. The molecule has 0 saturated carbocycles. The summed E-state index contributed by atoms with van der Waals surface area (Å²) in [5.74, 6) is -0.785. The highest BCUT2D eigenvalue weighted by Crippen LogP contribution is 2.25. The molecule has 4 aromatic rings. The number of rotatable bonds is 4. The average molecular weight is 435 g/mol. The van der Waals surface area contributed by atoms with E-state index in [1.807, 2.05) is 51.2 Å². The number of nitrogens with one attached hydrogen (secondary N) is 1. The van der Waals surface area contributed by atoms with Crippen molar-refractivity contribution in [2.24, 2.45) is 0 Å². The van der Waals surface area contributed by atoms with Gasteiger partial charge in [-0.25, -0.2) is 22.8 Å². The van der Waals surface area contributed by atoms with Gasteiger partial charge in [0.15, 0.2) is 0 Å². The Balaban J connectivity index is 1.64. The van der Waals surface area contributed by atoms with Gasteiger partial charge in [-0.2, -0.15) is 5.10 Å². The minimum atomic E-state index is -4.04. The Kier molecular flexibility index (Phi) is 5.10. The van der Waals surface area contributed by atoms with Crippen molar-refractivity contribution in [3.8, 4) is 5.69 Å². The summed E-state index contributed by atoms with van der Waals surface area (Å²) in [5, 5.41) is 5.03. The molecule has 0 aliphatic heterocycles. The highest BCUT2D eigenvalue weighted by Gasteiger charge is 2.22. The number of carbonyl (C=O) groups excluding carboxylic acids is 1. The number of hydrogen-bond donors (Lipinski definition) is 1. The SMILES string of the molecule is CC(C)(C)c1cccc(S(=O)(=O)NC(=O)c2ccc3c(-n4cccn4)cccc3n2)c1. The predicted octanol–water partition coefficient (Wildman–Crippen LogP) is 3.84. The summed E-state index contributed by atoms with van der Waals surface area (Å²) in [5.41, 5.74) is 2.03. The van der Waals surface area contributed by atoms with Crippen molar-refractivity contribution in [1.29, 1.82) is 0 Å². The van der Waals surface area contributed by atoms with E-state index in [9.17, 15) is 13.2 Å². The van der Waals surface area contributed by atoms with Gasteiger partial charge in [0.25, 0.3) is 15.9 Å². The number of sulfonamides is 1. The molecule has 31 heavy (non-hydrogen) atoms. The number of pyridine rings is 1. The first-order valence-corrected chi connectivity index (χ1v) is 11.2. The molecule has 2 aromatic heterocycles. The minimum absolute atomic E-state index is 0.0145. The van der Waals surface area contributed by atoms with Crippen molar-refractivity contribution < 1.29 is 13.2 Å². The molecule has 0 fully saturated rings. The van der Waals surface area contributed by atoms with Crippen LogP contribution in [-0.2, 0) is 15.4 Å². The Morgan fingerprint density at radius 1 is 1.00 bits per heavy atom. The van der Waals surface area contributed by atoms with Crippen LogP contribution in [0.15, 0.2) is 78.0 Å². The lowest BCUT2D eigenvalue weighted by molar-refractivity contribution is 0.0977. The van der Waals surface area contributed by atoms with E-state index in [2.05, 4.69) is 14.8 Å². The normalized spacial score (nSPS) is 12.1. The maximum atomic E-state index is 12.8. The lowest BCUT2D eigenvalue weighted by atomic mass is 9.87. The van der Waals surface area contributed by atoms with Crippen LogP contribution in [0.1, 0.15) is 36.8 Å². The number of fused-ring (bicyclic) bond motifs is 1. The van der Waals surface area contributed by atoms with E-state index >= 15 is 0 Å². The van der Waals surface area contributed by atoms with Crippen molar-refractivity contribution >= 4 is 26.8 Å². The average Bonchev–Trinajstić information content (AvgIpc) is 3.27. The summed E-state index contributed by atoms with van der Waals surface area (Å²) < 4.78 is 29.4. The maximum absolute atomic E-state index is 12.8. The molecule has 0 aliphatic rings. The zero-order valence-corrected chi connectivity index (χ0v) is 18.2. The van der Waals surface area contributed by atoms with Gasteiger partial charge in [-0.3, -0.25) is 4.79 Å². The molecule has 4 rings (SSSR count). The van der Waals surface area contributed by atoms with Gasteiger partial charge >= 0.3 is 0 Å². The van der Waals surface area contributed by atoms with Gasteiger partial charge in [0.2, 0.25) is 0 Å². The summed E-state index contributed by atoms with van der Waals surface area (Å²) in [6.45, 7) is 5.98. The first-order valence-electron chi connectivity index (χ1n) is 9.73. The number of carbonyl (C=O) groups is 1. The fourth-order valence-electron chi connectivity index (χ4n) is 3.24. The molecule has 0 saturated heterocycles. The molecule has 0 unspecified atom stereocenters. The summed E-state index contributed by atoms with van der Waals surface area (Å²) in [7, 11) is -4.04. The van der Waals surface area contributed by atoms with Crippen molar-refractivity contribution in [1.82, 2.24) is 19.5 Å². The third-order valence-electron chi connectivity index (χ3n) is 4.93. The fraction of sp³-hybridized carbons (Fsp3) is 0.174. The number of amides is 1. The summed E-state index contributed by atoms with van der Waals surface area (Å²) in [6.07, 6.45) is 3.49. The second-order valence-electron chi connectivity index (χ2n) is 8.20. The molecular formula is C23H22N4O3S. The van der Waals surface area contributed by atoms with Gasteiger partial charge in [-0.05, 0) is 53.4 Å². The van der Waals surface area contributed by atoms with Crippen LogP contribution in [0.25, 0.3) is 16.6 Å². The molecule has 0 aliphatic carbocycles. The number of benzene rings is 2. The van der Waals surface area contributed by atoms with Crippen molar-refractivity contribution in [3.63, 3.8) is 0 Å². The quantitative estimate of drug-likeness (QED) is 0.527. The molecular weight excluding hydrogens is 412 g/mol. The lowest BCUT2D eigenvalue weighted by Gasteiger charge is -2.19. The van der Waals surface area contributed by atoms with Gasteiger partial charge < -0.3 is 0 Å². The molecule has 2 aromatic carbocycles. The molecule has 0 radical (unpaired) electrons. The molecule has 1 N–H and O–H groups in total. The smallest absolute Gasteiger partial charge is 0.266 e. The first-order chi connectivity index (χ1) is 14.6. The van der Waals surface area contributed by atoms with Crippen LogP contribution in [0.5, 0.6) is 0 Å². The van der Waals surface area contributed by atoms with Gasteiger partial charge in [0.1, 0.15) is 5.69 Å². The van der Waals surface area contributed by atoms with E-state index in [-0.39, 0.29) is 16.0 Å². The minimum Gasteiger partial charge on any atom is -0.266 e. The highest BCUT2D eigenvalue weighted by atomic mass is 32.2. The van der Waals surface area contributed by atoms with Crippen LogP contribution >= 0.6 is 0 Å². The van der Waals surface area contributed by atoms with Crippen LogP contribution in [0.2, 0.25) is 0 Å². The predicted molar refractivity (Wildman–Crippen MR) is 119 cm³/mol. The van der Waals surface area contributed by atoms with Crippen LogP contribution < -0.4 is 4.72 Å². The number of hydrogen-bond acceptors (Lipinski definition) is 5. The molecule has 0 atom stereocenters.